The molecule has 1 aromatic rings. The largest absolute Gasteiger partial charge is 0.299 e. The molecule has 0 bridgehead atoms. The van der Waals surface area contributed by atoms with Gasteiger partial charge in [0, 0.05) is 12.3 Å². The highest BCUT2D eigenvalue weighted by molar-refractivity contribution is 6.42. The molecule has 0 radical (unpaired) electrons. The van der Waals surface area contributed by atoms with E-state index in [4.69, 9.17) is 23.2 Å². The summed E-state index contributed by atoms with van der Waals surface area (Å²) in [6.45, 7) is 2.20. The second kappa shape index (κ2) is 6.08. The zero-order valence-electron chi connectivity index (χ0n) is 10.6. The van der Waals surface area contributed by atoms with Crippen molar-refractivity contribution in [3.05, 3.63) is 33.8 Å². The van der Waals surface area contributed by atoms with Crippen molar-refractivity contribution in [1.82, 2.24) is 0 Å². The lowest BCUT2D eigenvalue weighted by Gasteiger charge is -2.10. The third-order valence-corrected chi connectivity index (χ3v) is 4.83. The molecule has 18 heavy (non-hydrogen) atoms. The van der Waals surface area contributed by atoms with Gasteiger partial charge in [-0.3, -0.25) is 4.79 Å². The van der Waals surface area contributed by atoms with Gasteiger partial charge in [-0.15, -0.1) is 0 Å². The van der Waals surface area contributed by atoms with E-state index >= 15 is 0 Å². The summed E-state index contributed by atoms with van der Waals surface area (Å²) < 4.78 is 0. The van der Waals surface area contributed by atoms with Gasteiger partial charge in [0.05, 0.1) is 10.0 Å². The number of ketones is 1. The van der Waals surface area contributed by atoms with E-state index in [1.54, 1.807) is 6.07 Å². The molecule has 2 rings (SSSR count). The Bertz CT molecular complexity index is 442. The number of hydrogen-bond acceptors (Lipinski definition) is 1. The first-order valence-corrected chi connectivity index (χ1v) is 7.33. The smallest absolute Gasteiger partial charge is 0.140 e. The van der Waals surface area contributed by atoms with Crippen LogP contribution >= 0.6 is 23.2 Å². The van der Waals surface area contributed by atoms with Crippen molar-refractivity contribution < 1.29 is 4.79 Å². The minimum atomic E-state index is 0.227. The van der Waals surface area contributed by atoms with Gasteiger partial charge in [-0.05, 0) is 36.8 Å². The lowest BCUT2D eigenvalue weighted by Crippen LogP contribution is -2.14. The molecule has 98 valence electrons. The summed E-state index contributed by atoms with van der Waals surface area (Å²) in [5.41, 5.74) is 0.856. The van der Waals surface area contributed by atoms with E-state index in [2.05, 4.69) is 6.92 Å². The Labute approximate surface area is 118 Å². The van der Waals surface area contributed by atoms with Crippen LogP contribution in [0, 0.1) is 11.8 Å². The maximum absolute atomic E-state index is 12.2. The van der Waals surface area contributed by atoms with Crippen molar-refractivity contribution in [2.45, 2.75) is 39.0 Å². The lowest BCUT2D eigenvalue weighted by atomic mass is 9.95. The third-order valence-electron chi connectivity index (χ3n) is 3.97. The summed E-state index contributed by atoms with van der Waals surface area (Å²) in [7, 11) is 0. The zero-order chi connectivity index (χ0) is 13.1. The average molecular weight is 285 g/mol. The highest BCUT2D eigenvalue weighted by Crippen LogP contribution is 2.35. The zero-order valence-corrected chi connectivity index (χ0v) is 12.1. The number of carbonyl (C=O) groups excluding carboxylic acids is 1. The van der Waals surface area contributed by atoms with Crippen LogP contribution < -0.4 is 0 Å². The van der Waals surface area contributed by atoms with Crippen LogP contribution in [0.2, 0.25) is 10.0 Å². The van der Waals surface area contributed by atoms with Crippen LogP contribution in [0.25, 0.3) is 0 Å². The third kappa shape index (κ3) is 3.07. The highest BCUT2D eigenvalue weighted by atomic mass is 35.5. The van der Waals surface area contributed by atoms with Crippen molar-refractivity contribution in [3.8, 4) is 0 Å². The quantitative estimate of drug-likeness (QED) is 0.766. The molecular weight excluding hydrogens is 267 g/mol. The number of carbonyl (C=O) groups is 1. The van der Waals surface area contributed by atoms with Crippen LogP contribution in [0.1, 0.15) is 38.2 Å². The van der Waals surface area contributed by atoms with Crippen molar-refractivity contribution in [2.75, 3.05) is 0 Å². The van der Waals surface area contributed by atoms with Gasteiger partial charge < -0.3 is 0 Å². The van der Waals surface area contributed by atoms with Gasteiger partial charge in [0.1, 0.15) is 5.78 Å². The van der Waals surface area contributed by atoms with E-state index in [9.17, 15) is 4.79 Å². The van der Waals surface area contributed by atoms with Crippen LogP contribution in [0.3, 0.4) is 0 Å². The number of benzene rings is 1. The maximum atomic E-state index is 12.2. The molecule has 0 heterocycles. The summed E-state index contributed by atoms with van der Waals surface area (Å²) in [6.07, 6.45) is 4.88. The summed E-state index contributed by atoms with van der Waals surface area (Å²) in [5.74, 6) is 1.27. The predicted octanol–water partition coefficient (Wildman–Crippen LogP) is 4.93. The highest BCUT2D eigenvalue weighted by Gasteiger charge is 2.28. The van der Waals surface area contributed by atoms with E-state index in [0.717, 1.165) is 24.3 Å². The topological polar surface area (TPSA) is 17.1 Å². The molecule has 0 saturated heterocycles. The van der Waals surface area contributed by atoms with Gasteiger partial charge in [0.2, 0.25) is 0 Å². The first kappa shape index (κ1) is 13.9. The normalized spacial score (nSPS) is 23.3. The van der Waals surface area contributed by atoms with Crippen LogP contribution in [-0.2, 0) is 11.2 Å². The Balaban J connectivity index is 2.01. The number of hydrogen-bond donors (Lipinski definition) is 0. The summed E-state index contributed by atoms with van der Waals surface area (Å²) in [4.78, 5) is 12.2. The van der Waals surface area contributed by atoms with Gasteiger partial charge in [0.15, 0.2) is 0 Å². The minimum Gasteiger partial charge on any atom is -0.299 e. The molecule has 1 aromatic carbocycles. The van der Waals surface area contributed by atoms with Crippen molar-refractivity contribution in [3.63, 3.8) is 0 Å². The summed E-state index contributed by atoms with van der Waals surface area (Å²) in [6, 6.07) is 5.49. The van der Waals surface area contributed by atoms with E-state index in [0.29, 0.717) is 22.2 Å². The molecule has 3 heteroatoms. The Morgan fingerprint density at radius 3 is 2.78 bits per heavy atom. The van der Waals surface area contributed by atoms with Crippen LogP contribution in [0.15, 0.2) is 18.2 Å². The predicted molar refractivity (Wildman–Crippen MR) is 76.3 cm³/mol. The Hall–Kier alpha value is -0.530. The Kier molecular flexibility index (Phi) is 4.69. The molecular formula is C15H18Cl2O. The van der Waals surface area contributed by atoms with E-state index in [-0.39, 0.29) is 5.92 Å². The molecule has 1 aliphatic rings. The summed E-state index contributed by atoms with van der Waals surface area (Å²) >= 11 is 12.1. The molecule has 2 unspecified atom stereocenters. The molecule has 0 aliphatic heterocycles. The van der Waals surface area contributed by atoms with Gasteiger partial charge in [0.25, 0.3) is 0 Å². The SMILES string of the molecule is CCC1CCC(C(=O)Cc2cccc(Cl)c2Cl)C1. The second-order valence-electron chi connectivity index (χ2n) is 5.14. The van der Waals surface area contributed by atoms with Gasteiger partial charge >= 0.3 is 0 Å². The first-order chi connectivity index (χ1) is 8.61. The molecule has 1 fully saturated rings. The second-order valence-corrected chi connectivity index (χ2v) is 5.93. The molecule has 0 aromatic heterocycles. The average Bonchev–Trinajstić information content (AvgIpc) is 2.83. The standard InChI is InChI=1S/C15H18Cl2O/c1-2-10-6-7-11(8-10)14(18)9-12-4-3-5-13(16)15(12)17/h3-5,10-11H,2,6-9H2,1H3. The van der Waals surface area contributed by atoms with Crippen molar-refractivity contribution in [1.29, 1.82) is 0 Å². The molecule has 1 nitrogen and oxygen atoms in total. The molecule has 1 saturated carbocycles. The first-order valence-electron chi connectivity index (χ1n) is 6.57. The van der Waals surface area contributed by atoms with E-state index in [1.807, 2.05) is 12.1 Å². The van der Waals surface area contributed by atoms with Crippen LogP contribution in [-0.4, -0.2) is 5.78 Å². The summed E-state index contributed by atoms with van der Waals surface area (Å²) in [5, 5.41) is 1.05. The van der Waals surface area contributed by atoms with Crippen LogP contribution in [0.4, 0.5) is 0 Å². The Morgan fingerprint density at radius 2 is 2.11 bits per heavy atom. The van der Waals surface area contributed by atoms with E-state index in [1.165, 1.54) is 12.8 Å². The molecule has 0 amide bonds. The fourth-order valence-electron chi connectivity index (χ4n) is 2.76. The van der Waals surface area contributed by atoms with Crippen LogP contribution in [0.5, 0.6) is 0 Å². The minimum absolute atomic E-state index is 0.227. The van der Waals surface area contributed by atoms with Gasteiger partial charge in [-0.1, -0.05) is 48.7 Å². The lowest BCUT2D eigenvalue weighted by molar-refractivity contribution is -0.122. The van der Waals surface area contributed by atoms with Crippen molar-refractivity contribution in [2.24, 2.45) is 11.8 Å². The number of rotatable bonds is 4. The van der Waals surface area contributed by atoms with Gasteiger partial charge in [-0.25, -0.2) is 0 Å². The molecule has 0 spiro atoms. The fourth-order valence-corrected chi connectivity index (χ4v) is 3.14. The Morgan fingerprint density at radius 1 is 1.33 bits per heavy atom. The molecule has 1 aliphatic carbocycles. The molecule has 2 atom stereocenters. The maximum Gasteiger partial charge on any atom is 0.140 e. The van der Waals surface area contributed by atoms with E-state index < -0.39 is 0 Å². The molecule has 0 N–H and O–H groups in total. The fraction of sp³-hybridized carbons (Fsp3) is 0.533. The monoisotopic (exact) mass is 284 g/mol. The van der Waals surface area contributed by atoms with Crippen molar-refractivity contribution >= 4 is 29.0 Å². The number of Topliss-reactive ketones (excluding diaryl/α,β-unsaturated/α-hetero) is 1. The van der Waals surface area contributed by atoms with Gasteiger partial charge in [-0.2, -0.15) is 0 Å². The number of halogens is 2.